The summed E-state index contributed by atoms with van der Waals surface area (Å²) in [6.07, 6.45) is 2.37. The van der Waals surface area contributed by atoms with E-state index in [0.717, 1.165) is 6.08 Å². The summed E-state index contributed by atoms with van der Waals surface area (Å²) >= 11 is 0. The number of aliphatic carboxylic acids is 1. The standard InChI is InChI=1S/C17H15NO4/c19-16(18-14-4-2-1-3-5-14)12-22-15-9-6-13(7-10-15)8-11-17(20)21/h1-11H,12H2,(H,18,19)(H,20,21)/p-1/b11-8+. The second-order valence-corrected chi connectivity index (χ2v) is 4.42. The molecule has 0 spiro atoms. The first-order valence-electron chi connectivity index (χ1n) is 6.60. The van der Waals surface area contributed by atoms with Crippen LogP contribution in [0.3, 0.4) is 0 Å². The summed E-state index contributed by atoms with van der Waals surface area (Å²) in [6, 6.07) is 15.8. The van der Waals surface area contributed by atoms with E-state index in [4.69, 9.17) is 4.74 Å². The van der Waals surface area contributed by atoms with Crippen molar-refractivity contribution in [2.24, 2.45) is 0 Å². The van der Waals surface area contributed by atoms with Crippen molar-refractivity contribution in [3.63, 3.8) is 0 Å². The molecular formula is C17H14NO4-. The number of carbonyl (C=O) groups excluding carboxylic acids is 2. The first-order chi connectivity index (χ1) is 10.6. The molecule has 0 aliphatic rings. The Kier molecular flexibility index (Phi) is 5.31. The summed E-state index contributed by atoms with van der Waals surface area (Å²) in [6.45, 7) is -0.108. The Labute approximate surface area is 127 Å². The van der Waals surface area contributed by atoms with Crippen LogP contribution in [0, 0.1) is 0 Å². The van der Waals surface area contributed by atoms with Crippen LogP contribution in [0.4, 0.5) is 5.69 Å². The smallest absolute Gasteiger partial charge is 0.262 e. The molecule has 0 aliphatic carbocycles. The molecule has 0 unspecified atom stereocenters. The molecule has 0 aliphatic heterocycles. The van der Waals surface area contributed by atoms with E-state index in [9.17, 15) is 14.7 Å². The number of amides is 1. The molecule has 1 N–H and O–H groups in total. The van der Waals surface area contributed by atoms with Crippen molar-refractivity contribution >= 4 is 23.6 Å². The van der Waals surface area contributed by atoms with Gasteiger partial charge in [0.25, 0.3) is 5.91 Å². The number of anilines is 1. The Bertz CT molecular complexity index is 663. The Morgan fingerprint density at radius 2 is 1.73 bits per heavy atom. The fourth-order valence-corrected chi connectivity index (χ4v) is 1.71. The van der Waals surface area contributed by atoms with Gasteiger partial charge in [-0.15, -0.1) is 0 Å². The molecule has 2 rings (SSSR count). The largest absolute Gasteiger partial charge is 0.545 e. The van der Waals surface area contributed by atoms with Crippen LogP contribution in [0.25, 0.3) is 6.08 Å². The van der Waals surface area contributed by atoms with Crippen LogP contribution < -0.4 is 15.2 Å². The number of rotatable bonds is 6. The van der Waals surface area contributed by atoms with Crippen molar-refractivity contribution in [2.75, 3.05) is 11.9 Å². The number of nitrogens with one attached hydrogen (secondary N) is 1. The molecule has 112 valence electrons. The molecule has 1 amide bonds. The van der Waals surface area contributed by atoms with E-state index in [-0.39, 0.29) is 12.5 Å². The third kappa shape index (κ3) is 5.13. The molecule has 0 bridgehead atoms. The summed E-state index contributed by atoms with van der Waals surface area (Å²) in [7, 11) is 0. The first-order valence-corrected chi connectivity index (χ1v) is 6.60. The molecule has 2 aromatic rings. The molecule has 0 aromatic heterocycles. The second-order valence-electron chi connectivity index (χ2n) is 4.42. The number of ether oxygens (including phenoxy) is 1. The molecule has 5 nitrogen and oxygen atoms in total. The predicted molar refractivity (Wildman–Crippen MR) is 81.0 cm³/mol. The summed E-state index contributed by atoms with van der Waals surface area (Å²) in [5.41, 5.74) is 1.41. The Balaban J connectivity index is 1.84. The molecule has 5 heteroatoms. The molecule has 0 atom stereocenters. The second kappa shape index (κ2) is 7.64. The fraction of sp³-hybridized carbons (Fsp3) is 0.0588. The number of carboxylic acids is 1. The Morgan fingerprint density at radius 1 is 1.05 bits per heavy atom. The minimum Gasteiger partial charge on any atom is -0.545 e. The van der Waals surface area contributed by atoms with Crippen LogP contribution in [-0.2, 0) is 9.59 Å². The van der Waals surface area contributed by atoms with E-state index in [1.165, 1.54) is 6.08 Å². The zero-order valence-electron chi connectivity index (χ0n) is 11.7. The number of para-hydroxylation sites is 1. The van der Waals surface area contributed by atoms with Crippen LogP contribution >= 0.6 is 0 Å². The highest BCUT2D eigenvalue weighted by atomic mass is 16.5. The van der Waals surface area contributed by atoms with E-state index >= 15 is 0 Å². The predicted octanol–water partition coefficient (Wildman–Crippen LogP) is 1.47. The van der Waals surface area contributed by atoms with E-state index in [0.29, 0.717) is 17.0 Å². The van der Waals surface area contributed by atoms with Crippen LogP contribution in [-0.4, -0.2) is 18.5 Å². The van der Waals surface area contributed by atoms with Gasteiger partial charge in [0.15, 0.2) is 6.61 Å². The SMILES string of the molecule is O=C([O-])/C=C/c1ccc(OCC(=O)Nc2ccccc2)cc1. The highest BCUT2D eigenvalue weighted by Gasteiger charge is 2.03. The van der Waals surface area contributed by atoms with Gasteiger partial charge in [-0.05, 0) is 35.9 Å². The van der Waals surface area contributed by atoms with Crippen molar-refractivity contribution in [3.05, 3.63) is 66.2 Å². The topological polar surface area (TPSA) is 78.5 Å². The van der Waals surface area contributed by atoms with Gasteiger partial charge in [-0.25, -0.2) is 0 Å². The van der Waals surface area contributed by atoms with Gasteiger partial charge in [0.1, 0.15) is 5.75 Å². The molecule has 22 heavy (non-hydrogen) atoms. The van der Waals surface area contributed by atoms with Crippen molar-refractivity contribution in [1.82, 2.24) is 0 Å². The highest BCUT2D eigenvalue weighted by molar-refractivity contribution is 5.91. The molecule has 0 fully saturated rings. The zero-order valence-corrected chi connectivity index (χ0v) is 11.7. The minimum absolute atomic E-state index is 0.108. The molecule has 0 radical (unpaired) electrons. The summed E-state index contributed by atoms with van der Waals surface area (Å²) in [4.78, 5) is 22.0. The zero-order chi connectivity index (χ0) is 15.8. The van der Waals surface area contributed by atoms with Gasteiger partial charge in [-0.2, -0.15) is 0 Å². The highest BCUT2D eigenvalue weighted by Crippen LogP contribution is 2.13. The quantitative estimate of drug-likeness (QED) is 0.819. The number of benzene rings is 2. The van der Waals surface area contributed by atoms with Crippen molar-refractivity contribution in [1.29, 1.82) is 0 Å². The van der Waals surface area contributed by atoms with Gasteiger partial charge in [0, 0.05) is 5.69 Å². The number of carbonyl (C=O) groups is 2. The fourth-order valence-electron chi connectivity index (χ4n) is 1.71. The van der Waals surface area contributed by atoms with Gasteiger partial charge in [-0.1, -0.05) is 36.4 Å². The van der Waals surface area contributed by atoms with E-state index in [2.05, 4.69) is 5.32 Å². The number of hydrogen-bond donors (Lipinski definition) is 1. The summed E-state index contributed by atoms with van der Waals surface area (Å²) in [5, 5.41) is 13.0. The summed E-state index contributed by atoms with van der Waals surface area (Å²) in [5.74, 6) is -0.987. The van der Waals surface area contributed by atoms with Crippen LogP contribution in [0.5, 0.6) is 5.75 Å². The maximum absolute atomic E-state index is 11.7. The maximum Gasteiger partial charge on any atom is 0.262 e. The van der Waals surface area contributed by atoms with Gasteiger partial charge < -0.3 is 20.0 Å². The lowest BCUT2D eigenvalue weighted by Gasteiger charge is -2.07. The first kappa shape index (κ1) is 15.3. The van der Waals surface area contributed by atoms with Crippen LogP contribution in [0.2, 0.25) is 0 Å². The van der Waals surface area contributed by atoms with Crippen molar-refractivity contribution < 1.29 is 19.4 Å². The van der Waals surface area contributed by atoms with Gasteiger partial charge in [0.2, 0.25) is 0 Å². The van der Waals surface area contributed by atoms with Crippen LogP contribution in [0.1, 0.15) is 5.56 Å². The molecule has 0 saturated carbocycles. The molecular weight excluding hydrogens is 282 g/mol. The van der Waals surface area contributed by atoms with Gasteiger partial charge in [-0.3, -0.25) is 4.79 Å². The van der Waals surface area contributed by atoms with Crippen LogP contribution in [0.15, 0.2) is 60.7 Å². The van der Waals surface area contributed by atoms with Gasteiger partial charge >= 0.3 is 0 Å². The van der Waals surface area contributed by atoms with Gasteiger partial charge in [0.05, 0.1) is 5.97 Å². The Hall–Kier alpha value is -3.08. The lowest BCUT2D eigenvalue weighted by atomic mass is 10.2. The molecule has 0 saturated heterocycles. The van der Waals surface area contributed by atoms with Crippen molar-refractivity contribution in [2.45, 2.75) is 0 Å². The number of carboxylic acid groups (broad SMARTS) is 1. The van der Waals surface area contributed by atoms with E-state index in [1.807, 2.05) is 18.2 Å². The lowest BCUT2D eigenvalue weighted by molar-refractivity contribution is -0.297. The monoisotopic (exact) mass is 296 g/mol. The van der Waals surface area contributed by atoms with E-state index < -0.39 is 5.97 Å². The third-order valence-corrected chi connectivity index (χ3v) is 2.72. The molecule has 2 aromatic carbocycles. The third-order valence-electron chi connectivity index (χ3n) is 2.72. The Morgan fingerprint density at radius 3 is 2.36 bits per heavy atom. The number of hydrogen-bond acceptors (Lipinski definition) is 4. The normalized spacial score (nSPS) is 10.4. The minimum atomic E-state index is -1.25. The maximum atomic E-state index is 11.7. The average Bonchev–Trinajstić information content (AvgIpc) is 2.53. The lowest BCUT2D eigenvalue weighted by Crippen LogP contribution is -2.20. The van der Waals surface area contributed by atoms with Crippen molar-refractivity contribution in [3.8, 4) is 5.75 Å². The van der Waals surface area contributed by atoms with E-state index in [1.54, 1.807) is 36.4 Å². The summed E-state index contributed by atoms with van der Waals surface area (Å²) < 4.78 is 5.36. The molecule has 0 heterocycles. The average molecular weight is 296 g/mol.